The Morgan fingerprint density at radius 3 is 1.09 bits per heavy atom. The fourth-order valence-electron chi connectivity index (χ4n) is 9.14. The van der Waals surface area contributed by atoms with E-state index in [9.17, 15) is 9.59 Å². The molecule has 6 heteroatoms. The van der Waals surface area contributed by atoms with Crippen LogP contribution in [0.3, 0.4) is 0 Å². The molecule has 0 amide bonds. The molecule has 0 N–H and O–H groups in total. The van der Waals surface area contributed by atoms with Crippen molar-refractivity contribution in [2.24, 2.45) is 0 Å². The zero-order valence-electron chi connectivity index (χ0n) is 38.1. The first-order chi connectivity index (χ1) is 31.8. The third-order valence-electron chi connectivity index (χ3n) is 12.6. The highest BCUT2D eigenvalue weighted by Crippen LogP contribution is 2.56. The SMILES string of the molecule is C=CC(=O)OCCOc1ccc(-c2ccc(-c3ccc4c(c3)C(CCCCCC)(CCCCCC)c3cc(-c5ccc(-c6ccc(OCCOC(=O)C=C)cc6)cc5)ccc3-4)cc2)cc1. The Morgan fingerprint density at radius 1 is 0.431 bits per heavy atom. The quantitative estimate of drug-likeness (QED) is 0.0343. The summed E-state index contributed by atoms with van der Waals surface area (Å²) in [5.41, 5.74) is 15.1. The molecule has 0 unspecified atom stereocenters. The van der Waals surface area contributed by atoms with Crippen LogP contribution in [0.4, 0.5) is 0 Å². The molecule has 0 saturated carbocycles. The number of benzene rings is 6. The van der Waals surface area contributed by atoms with Crippen molar-refractivity contribution in [3.63, 3.8) is 0 Å². The number of carbonyl (C=O) groups excluding carboxylic acids is 2. The molecule has 0 atom stereocenters. The van der Waals surface area contributed by atoms with E-state index in [-0.39, 0.29) is 31.8 Å². The van der Waals surface area contributed by atoms with E-state index in [4.69, 9.17) is 18.9 Å². The van der Waals surface area contributed by atoms with Gasteiger partial charge in [0, 0.05) is 17.6 Å². The van der Waals surface area contributed by atoms with Gasteiger partial charge in [0.05, 0.1) is 0 Å². The van der Waals surface area contributed by atoms with Crippen LogP contribution in [-0.2, 0) is 24.5 Å². The van der Waals surface area contributed by atoms with E-state index in [0.29, 0.717) is 0 Å². The van der Waals surface area contributed by atoms with E-state index in [1.165, 1.54) is 95.9 Å². The number of rotatable bonds is 24. The largest absolute Gasteiger partial charge is 0.490 e. The average molecular weight is 867 g/mol. The number of fused-ring (bicyclic) bond motifs is 3. The molecule has 0 aromatic heterocycles. The van der Waals surface area contributed by atoms with Crippen LogP contribution >= 0.6 is 0 Å². The minimum absolute atomic E-state index is 0.0632. The van der Waals surface area contributed by atoms with Crippen molar-refractivity contribution in [2.45, 2.75) is 83.5 Å². The van der Waals surface area contributed by atoms with E-state index in [1.54, 1.807) is 0 Å². The zero-order valence-corrected chi connectivity index (χ0v) is 38.1. The average Bonchev–Trinajstić information content (AvgIpc) is 3.62. The maximum Gasteiger partial charge on any atom is 0.330 e. The van der Waals surface area contributed by atoms with Crippen LogP contribution in [0.2, 0.25) is 0 Å². The molecule has 6 aromatic carbocycles. The Balaban J connectivity index is 1.13. The molecule has 6 nitrogen and oxygen atoms in total. The molecule has 7 rings (SSSR count). The molecule has 1 aliphatic rings. The van der Waals surface area contributed by atoms with Gasteiger partial charge in [0.2, 0.25) is 0 Å². The van der Waals surface area contributed by atoms with Crippen molar-refractivity contribution >= 4 is 11.9 Å². The lowest BCUT2D eigenvalue weighted by atomic mass is 9.70. The maximum atomic E-state index is 11.3. The second kappa shape index (κ2) is 22.8. The predicted molar refractivity (Wildman–Crippen MR) is 265 cm³/mol. The minimum atomic E-state index is -0.452. The highest BCUT2D eigenvalue weighted by molar-refractivity contribution is 5.87. The summed E-state index contributed by atoms with van der Waals surface area (Å²) in [5, 5.41) is 0. The Kier molecular flexibility index (Phi) is 16.3. The number of ether oxygens (including phenoxy) is 4. The van der Waals surface area contributed by atoms with Crippen LogP contribution in [0.25, 0.3) is 55.6 Å². The Labute approximate surface area is 386 Å². The number of hydrogen-bond acceptors (Lipinski definition) is 6. The van der Waals surface area contributed by atoms with Crippen molar-refractivity contribution in [2.75, 3.05) is 26.4 Å². The fourth-order valence-corrected chi connectivity index (χ4v) is 9.14. The summed E-state index contributed by atoms with van der Waals surface area (Å²) < 4.78 is 21.6. The first kappa shape index (κ1) is 46.3. The monoisotopic (exact) mass is 866 g/mol. The molecule has 0 spiro atoms. The molecule has 334 valence electrons. The second-order valence-corrected chi connectivity index (χ2v) is 16.9. The lowest BCUT2D eigenvalue weighted by Gasteiger charge is -2.33. The van der Waals surface area contributed by atoms with Crippen LogP contribution in [0, 0.1) is 0 Å². The van der Waals surface area contributed by atoms with Crippen LogP contribution < -0.4 is 9.47 Å². The normalized spacial score (nSPS) is 12.2. The van der Waals surface area contributed by atoms with Crippen LogP contribution in [0.5, 0.6) is 11.5 Å². The molecule has 0 heterocycles. The third-order valence-corrected chi connectivity index (χ3v) is 12.6. The smallest absolute Gasteiger partial charge is 0.330 e. The van der Waals surface area contributed by atoms with Crippen molar-refractivity contribution in [3.8, 4) is 67.1 Å². The first-order valence-corrected chi connectivity index (χ1v) is 23.4. The highest BCUT2D eigenvalue weighted by atomic mass is 16.6. The molecule has 0 saturated heterocycles. The van der Waals surface area contributed by atoms with Crippen LogP contribution in [-0.4, -0.2) is 38.4 Å². The van der Waals surface area contributed by atoms with E-state index >= 15 is 0 Å². The van der Waals surface area contributed by atoms with E-state index in [2.05, 4.69) is 136 Å². The van der Waals surface area contributed by atoms with Gasteiger partial charge >= 0.3 is 11.9 Å². The summed E-state index contributed by atoms with van der Waals surface area (Å²) in [6, 6.07) is 48.3. The second-order valence-electron chi connectivity index (χ2n) is 16.9. The van der Waals surface area contributed by atoms with Gasteiger partial charge in [0.25, 0.3) is 0 Å². The third kappa shape index (κ3) is 11.5. The van der Waals surface area contributed by atoms with Gasteiger partial charge in [-0.3, -0.25) is 0 Å². The molecular formula is C59H62O6. The predicted octanol–water partition coefficient (Wildman–Crippen LogP) is 14.8. The lowest BCUT2D eigenvalue weighted by molar-refractivity contribution is -0.139. The maximum absolute atomic E-state index is 11.3. The Bertz CT molecular complexity index is 2340. The van der Waals surface area contributed by atoms with Crippen molar-refractivity contribution in [1.82, 2.24) is 0 Å². The Morgan fingerprint density at radius 2 is 0.754 bits per heavy atom. The lowest BCUT2D eigenvalue weighted by Crippen LogP contribution is -2.25. The summed E-state index contributed by atoms with van der Waals surface area (Å²) in [7, 11) is 0. The van der Waals surface area contributed by atoms with Crippen LogP contribution in [0.15, 0.2) is 159 Å². The van der Waals surface area contributed by atoms with Gasteiger partial charge in [-0.05, 0) is 116 Å². The summed E-state index contributed by atoms with van der Waals surface area (Å²) in [6.45, 7) is 12.4. The number of esters is 2. The van der Waals surface area contributed by atoms with Gasteiger partial charge in [-0.25, -0.2) is 9.59 Å². The van der Waals surface area contributed by atoms with Crippen molar-refractivity contribution in [3.05, 3.63) is 170 Å². The molecule has 65 heavy (non-hydrogen) atoms. The topological polar surface area (TPSA) is 71.1 Å². The Hall–Kier alpha value is -6.66. The molecule has 0 radical (unpaired) electrons. The highest BCUT2D eigenvalue weighted by Gasteiger charge is 2.42. The molecular weight excluding hydrogens is 805 g/mol. The van der Waals surface area contributed by atoms with Gasteiger partial charge in [-0.2, -0.15) is 0 Å². The molecule has 0 bridgehead atoms. The molecule has 1 aliphatic carbocycles. The summed E-state index contributed by atoms with van der Waals surface area (Å²) in [5.74, 6) is 0.553. The van der Waals surface area contributed by atoms with Crippen molar-refractivity contribution in [1.29, 1.82) is 0 Å². The van der Waals surface area contributed by atoms with E-state index < -0.39 is 11.9 Å². The minimum Gasteiger partial charge on any atom is -0.490 e. The van der Waals surface area contributed by atoms with Crippen LogP contribution in [0.1, 0.15) is 89.2 Å². The molecule has 6 aromatic rings. The number of unbranched alkanes of at least 4 members (excludes halogenated alkanes) is 6. The van der Waals surface area contributed by atoms with Crippen molar-refractivity contribution < 1.29 is 28.5 Å². The standard InChI is InChI=1S/C59H62O6/c1-5-9-11-13-35-59(36-14-12-10-6-2)55-41-49(47-19-15-43(16-20-47)45-23-29-51(30-24-45)62-37-39-64-57(60)7-3)27-33-53(55)54-34-28-50(42-56(54)59)48-21-17-44(18-22-48)46-25-31-52(32-26-46)63-38-40-65-58(61)8-4/h7-8,15-34,41-42H,3-6,9-14,35-40H2,1-2H3. The van der Waals surface area contributed by atoms with E-state index in [0.717, 1.165) is 58.7 Å². The van der Waals surface area contributed by atoms with E-state index in [1.807, 2.05) is 24.3 Å². The first-order valence-electron chi connectivity index (χ1n) is 23.4. The number of hydrogen-bond donors (Lipinski definition) is 0. The van der Waals surface area contributed by atoms with Gasteiger partial charge in [-0.1, -0.05) is 175 Å². The van der Waals surface area contributed by atoms with Gasteiger partial charge in [0.1, 0.15) is 37.9 Å². The zero-order chi connectivity index (χ0) is 45.4. The summed E-state index contributed by atoms with van der Waals surface area (Å²) >= 11 is 0. The van der Waals surface area contributed by atoms with Gasteiger partial charge in [-0.15, -0.1) is 0 Å². The fraction of sp³-hybridized carbons (Fsp3) is 0.288. The van der Waals surface area contributed by atoms with Gasteiger partial charge in [0.15, 0.2) is 0 Å². The summed E-state index contributed by atoms with van der Waals surface area (Å²) in [6.07, 6.45) is 14.4. The number of carbonyl (C=O) groups is 2. The van der Waals surface area contributed by atoms with Gasteiger partial charge < -0.3 is 18.9 Å². The summed E-state index contributed by atoms with van der Waals surface area (Å²) in [4.78, 5) is 22.6. The molecule has 0 fully saturated rings. The molecule has 0 aliphatic heterocycles.